The molecule has 0 fully saturated rings. The Hall–Kier alpha value is -3.32. The zero-order valence-electron chi connectivity index (χ0n) is 22.1. The van der Waals surface area contributed by atoms with E-state index in [1.165, 1.54) is 0 Å². The van der Waals surface area contributed by atoms with Crippen molar-refractivity contribution in [2.45, 2.75) is 54.4 Å². The van der Waals surface area contributed by atoms with Crippen LogP contribution in [0, 0.1) is 10.8 Å². The third-order valence-electron chi connectivity index (χ3n) is 5.29. The Kier molecular flexibility index (Phi) is 10.1. The molecule has 0 bridgehead atoms. The molecule has 0 radical (unpaired) electrons. The van der Waals surface area contributed by atoms with E-state index in [-0.39, 0.29) is 49.7 Å². The van der Waals surface area contributed by atoms with E-state index in [1.807, 2.05) is 41.5 Å². The zero-order chi connectivity index (χ0) is 26.9. The van der Waals surface area contributed by atoms with Gasteiger partial charge >= 0.3 is 5.97 Å². The van der Waals surface area contributed by atoms with Gasteiger partial charge in [-0.1, -0.05) is 65.8 Å². The van der Waals surface area contributed by atoms with Crippen molar-refractivity contribution in [3.8, 4) is 0 Å². The smallest absolute Gasteiger partial charge is 0.310 e. The van der Waals surface area contributed by atoms with Gasteiger partial charge in [-0.3, -0.25) is 19.2 Å². The minimum absolute atomic E-state index is 0.0369. The predicted molar refractivity (Wildman–Crippen MR) is 139 cm³/mol. The molecule has 2 aromatic carbocycles. The number of ketones is 2. The monoisotopic (exact) mass is 495 g/mol. The highest BCUT2D eigenvalue weighted by Gasteiger charge is 2.23. The van der Waals surface area contributed by atoms with Crippen LogP contribution in [0.5, 0.6) is 0 Å². The first-order valence-electron chi connectivity index (χ1n) is 12.1. The van der Waals surface area contributed by atoms with Crippen LogP contribution in [0.2, 0.25) is 0 Å². The Morgan fingerprint density at radius 3 is 1.72 bits per heavy atom. The summed E-state index contributed by atoms with van der Waals surface area (Å²) in [5.74, 6) is -0.586. The lowest BCUT2D eigenvalue weighted by Crippen LogP contribution is -2.21. The lowest BCUT2D eigenvalue weighted by atomic mass is 9.86. The van der Waals surface area contributed by atoms with Gasteiger partial charge in [0, 0.05) is 34.1 Å². The van der Waals surface area contributed by atoms with Gasteiger partial charge in [0.2, 0.25) is 5.91 Å². The Bertz CT molecular complexity index is 969. The second-order valence-electron chi connectivity index (χ2n) is 10.8. The summed E-state index contributed by atoms with van der Waals surface area (Å²) in [6, 6.07) is 13.7. The Labute approximate surface area is 213 Å². The number of benzene rings is 2. The maximum absolute atomic E-state index is 12.3. The van der Waals surface area contributed by atoms with Gasteiger partial charge in [0.15, 0.2) is 11.6 Å². The first-order valence-corrected chi connectivity index (χ1v) is 12.1. The third-order valence-corrected chi connectivity index (χ3v) is 5.29. The van der Waals surface area contributed by atoms with Crippen molar-refractivity contribution in [1.82, 2.24) is 0 Å². The molecule has 1 amide bonds. The van der Waals surface area contributed by atoms with Crippen LogP contribution < -0.4 is 5.32 Å². The van der Waals surface area contributed by atoms with Gasteiger partial charge in [-0.25, -0.2) is 0 Å². The van der Waals surface area contributed by atoms with Crippen LogP contribution in [0.3, 0.4) is 0 Å². The molecule has 7 nitrogen and oxygen atoms in total. The molecule has 0 saturated carbocycles. The van der Waals surface area contributed by atoms with E-state index in [1.54, 1.807) is 48.5 Å². The number of hydrogen-bond acceptors (Lipinski definition) is 6. The lowest BCUT2D eigenvalue weighted by molar-refractivity contribution is -0.143. The second kappa shape index (κ2) is 12.6. The molecule has 0 spiro atoms. The maximum atomic E-state index is 12.3. The van der Waals surface area contributed by atoms with Gasteiger partial charge < -0.3 is 14.8 Å². The number of ether oxygens (including phenoxy) is 2. The number of amides is 1. The topological polar surface area (TPSA) is 98.8 Å². The minimum atomic E-state index is -0.466. The summed E-state index contributed by atoms with van der Waals surface area (Å²) in [4.78, 5) is 48.6. The summed E-state index contributed by atoms with van der Waals surface area (Å²) < 4.78 is 10.6. The molecule has 2 aromatic rings. The summed E-state index contributed by atoms with van der Waals surface area (Å²) in [5, 5.41) is 2.72. The predicted octanol–water partition coefficient (Wildman–Crippen LogP) is 5.28. The molecule has 36 heavy (non-hydrogen) atoms. The number of esters is 1. The third kappa shape index (κ3) is 9.38. The molecule has 2 rings (SSSR count). The molecule has 0 aliphatic rings. The fraction of sp³-hybridized carbons (Fsp3) is 0.448. The van der Waals surface area contributed by atoms with Crippen LogP contribution >= 0.6 is 0 Å². The van der Waals surface area contributed by atoms with Gasteiger partial charge in [0.25, 0.3) is 0 Å². The fourth-order valence-corrected chi connectivity index (χ4v) is 3.27. The van der Waals surface area contributed by atoms with Crippen LogP contribution in [0.1, 0.15) is 74.2 Å². The van der Waals surface area contributed by atoms with E-state index in [2.05, 4.69) is 5.32 Å². The van der Waals surface area contributed by atoms with Gasteiger partial charge in [0.05, 0.1) is 19.6 Å². The fourth-order valence-electron chi connectivity index (χ4n) is 3.27. The number of carbonyl (C=O) groups is 4. The summed E-state index contributed by atoms with van der Waals surface area (Å²) >= 11 is 0. The van der Waals surface area contributed by atoms with Crippen LogP contribution in [-0.4, -0.2) is 43.3 Å². The summed E-state index contributed by atoms with van der Waals surface area (Å²) in [5.41, 5.74) is 1.65. The number of carbonyl (C=O) groups excluding carboxylic acids is 4. The van der Waals surface area contributed by atoms with Gasteiger partial charge in [-0.15, -0.1) is 0 Å². The molecule has 0 unspecified atom stereocenters. The lowest BCUT2D eigenvalue weighted by Gasteiger charge is -2.16. The van der Waals surface area contributed by atoms with E-state index in [0.29, 0.717) is 23.2 Å². The van der Waals surface area contributed by atoms with Crippen molar-refractivity contribution in [2.24, 2.45) is 10.8 Å². The number of anilines is 1. The van der Waals surface area contributed by atoms with Crippen LogP contribution in [0.25, 0.3) is 0 Å². The Morgan fingerprint density at radius 2 is 1.22 bits per heavy atom. The normalized spacial score (nSPS) is 11.6. The molecule has 0 heterocycles. The highest BCUT2D eigenvalue weighted by Crippen LogP contribution is 2.22. The van der Waals surface area contributed by atoms with Crippen molar-refractivity contribution in [3.63, 3.8) is 0 Å². The van der Waals surface area contributed by atoms with Crippen molar-refractivity contribution >= 4 is 29.1 Å². The van der Waals surface area contributed by atoms with E-state index in [0.717, 1.165) is 5.56 Å². The van der Waals surface area contributed by atoms with E-state index in [4.69, 9.17) is 9.47 Å². The second-order valence-corrected chi connectivity index (χ2v) is 10.8. The van der Waals surface area contributed by atoms with Crippen molar-refractivity contribution < 1.29 is 28.7 Å². The number of nitrogens with one attached hydrogen (secondary N) is 1. The highest BCUT2D eigenvalue weighted by molar-refractivity contribution is 6.01. The largest absolute Gasteiger partial charge is 0.465 e. The van der Waals surface area contributed by atoms with Crippen LogP contribution in [-0.2, 0) is 25.5 Å². The first-order chi connectivity index (χ1) is 16.8. The molecular weight excluding hydrogens is 458 g/mol. The van der Waals surface area contributed by atoms with Crippen LogP contribution in [0.15, 0.2) is 48.5 Å². The SMILES string of the molecule is CC(C)(C)C(=O)c1ccc(CC(=O)OCCCOCC(=O)Nc2ccc(C(=O)C(C)(C)C)cc2)cc1. The summed E-state index contributed by atoms with van der Waals surface area (Å²) in [6.07, 6.45) is 0.578. The van der Waals surface area contributed by atoms with Crippen molar-refractivity contribution in [3.05, 3.63) is 65.2 Å². The molecule has 1 N–H and O–H groups in total. The van der Waals surface area contributed by atoms with Gasteiger partial charge in [-0.05, 0) is 29.8 Å². The average molecular weight is 496 g/mol. The van der Waals surface area contributed by atoms with Gasteiger partial charge in [-0.2, -0.15) is 0 Å². The van der Waals surface area contributed by atoms with E-state index in [9.17, 15) is 19.2 Å². The standard InChI is InChI=1S/C29H37NO6/c1-28(2,3)26(33)21-10-8-20(9-11-21)18-25(32)36-17-7-16-35-19-24(31)30-23-14-12-22(13-15-23)27(34)29(4,5)6/h8-15H,7,16-19H2,1-6H3,(H,30,31). The average Bonchev–Trinajstić information content (AvgIpc) is 2.80. The summed E-state index contributed by atoms with van der Waals surface area (Å²) in [6.45, 7) is 11.5. The minimum Gasteiger partial charge on any atom is -0.465 e. The summed E-state index contributed by atoms with van der Waals surface area (Å²) in [7, 11) is 0. The maximum Gasteiger partial charge on any atom is 0.310 e. The number of rotatable bonds is 11. The van der Waals surface area contributed by atoms with Crippen molar-refractivity contribution in [1.29, 1.82) is 0 Å². The molecule has 7 heteroatoms. The van der Waals surface area contributed by atoms with E-state index >= 15 is 0 Å². The van der Waals surface area contributed by atoms with Crippen LogP contribution in [0.4, 0.5) is 5.69 Å². The zero-order valence-corrected chi connectivity index (χ0v) is 22.1. The number of Topliss-reactive ketones (excluding diaryl/α,β-unsaturated/α-hetero) is 2. The molecule has 0 atom stereocenters. The first kappa shape index (κ1) is 28.9. The van der Waals surface area contributed by atoms with Gasteiger partial charge in [0.1, 0.15) is 6.61 Å². The molecule has 0 saturated heterocycles. The highest BCUT2D eigenvalue weighted by atomic mass is 16.5. The Balaban J connectivity index is 1.63. The molecule has 0 aliphatic heterocycles. The molecular formula is C29H37NO6. The molecule has 0 aliphatic carbocycles. The molecule has 194 valence electrons. The Morgan fingerprint density at radius 1 is 0.722 bits per heavy atom. The quantitative estimate of drug-likeness (QED) is 0.259. The number of hydrogen-bond donors (Lipinski definition) is 1. The van der Waals surface area contributed by atoms with E-state index < -0.39 is 10.8 Å². The van der Waals surface area contributed by atoms with Crippen molar-refractivity contribution in [2.75, 3.05) is 25.1 Å². The molecule has 0 aromatic heterocycles.